The lowest BCUT2D eigenvalue weighted by Gasteiger charge is -2.06. The highest BCUT2D eigenvalue weighted by atomic mass is 31.2. The molecule has 0 bridgehead atoms. The third-order valence-corrected chi connectivity index (χ3v) is 2.00. The molecule has 78 valence electrons. The molecule has 0 saturated carbocycles. The van der Waals surface area contributed by atoms with Crippen LogP contribution in [0.3, 0.4) is 0 Å². The number of ether oxygens (including phenoxy) is 1. The Kier molecular flexibility index (Phi) is 3.66. The molecule has 0 aliphatic carbocycles. The van der Waals surface area contributed by atoms with Crippen LogP contribution in [0.2, 0.25) is 0 Å². The molecule has 0 fully saturated rings. The van der Waals surface area contributed by atoms with Gasteiger partial charge in [-0.15, -0.1) is 0 Å². The van der Waals surface area contributed by atoms with Gasteiger partial charge < -0.3 is 14.5 Å². The van der Waals surface area contributed by atoms with Crippen molar-refractivity contribution >= 4 is 7.82 Å². The highest BCUT2D eigenvalue weighted by molar-refractivity contribution is 7.46. The van der Waals surface area contributed by atoms with E-state index in [1.165, 1.54) is 7.11 Å². The van der Waals surface area contributed by atoms with E-state index >= 15 is 0 Å². The summed E-state index contributed by atoms with van der Waals surface area (Å²) in [6.07, 6.45) is 0. The quantitative estimate of drug-likeness (QED) is 0.745. The minimum Gasteiger partial charge on any atom is -0.497 e. The number of benzene rings is 1. The van der Waals surface area contributed by atoms with Crippen LogP contribution in [0.25, 0.3) is 0 Å². The molecule has 0 atom stereocenters. The summed E-state index contributed by atoms with van der Waals surface area (Å²) in [6.45, 7) is -0.137. The van der Waals surface area contributed by atoms with Gasteiger partial charge >= 0.3 is 7.82 Å². The van der Waals surface area contributed by atoms with Crippen LogP contribution in [0.1, 0.15) is 5.56 Å². The Labute approximate surface area is 81.5 Å². The van der Waals surface area contributed by atoms with E-state index < -0.39 is 7.82 Å². The number of hydrogen-bond donors (Lipinski definition) is 2. The smallest absolute Gasteiger partial charge is 0.469 e. The first kappa shape index (κ1) is 11.2. The van der Waals surface area contributed by atoms with Crippen LogP contribution in [-0.4, -0.2) is 16.9 Å². The zero-order chi connectivity index (χ0) is 10.6. The molecular formula is C8H11O5P. The lowest BCUT2D eigenvalue weighted by Crippen LogP contribution is -1.91. The number of rotatable bonds is 4. The second-order valence-corrected chi connectivity index (χ2v) is 3.85. The Bertz CT molecular complexity index is 345. The van der Waals surface area contributed by atoms with Gasteiger partial charge in [0.15, 0.2) is 0 Å². The Morgan fingerprint density at radius 1 is 1.43 bits per heavy atom. The molecule has 0 amide bonds. The van der Waals surface area contributed by atoms with Crippen molar-refractivity contribution < 1.29 is 23.6 Å². The standard InChI is InChI=1S/C8H11O5P/c1-12-8-4-2-3-7(5-8)6-13-14(9,10)11/h2-5H,6H2,1H3,(H2,9,10,11). The summed E-state index contributed by atoms with van der Waals surface area (Å²) in [4.78, 5) is 16.9. The van der Waals surface area contributed by atoms with Crippen molar-refractivity contribution in [3.05, 3.63) is 29.8 Å². The van der Waals surface area contributed by atoms with Gasteiger partial charge in [0.1, 0.15) is 5.75 Å². The first-order valence-electron chi connectivity index (χ1n) is 3.84. The first-order chi connectivity index (χ1) is 6.51. The third kappa shape index (κ3) is 3.89. The van der Waals surface area contributed by atoms with Gasteiger partial charge in [0.05, 0.1) is 13.7 Å². The van der Waals surface area contributed by atoms with Crippen molar-refractivity contribution in [1.29, 1.82) is 0 Å². The predicted octanol–water partition coefficient (Wildman–Crippen LogP) is 1.30. The minimum atomic E-state index is -4.40. The van der Waals surface area contributed by atoms with Gasteiger partial charge in [0.2, 0.25) is 0 Å². The zero-order valence-corrected chi connectivity index (χ0v) is 8.48. The summed E-state index contributed by atoms with van der Waals surface area (Å²) < 4.78 is 19.7. The molecule has 0 saturated heterocycles. The van der Waals surface area contributed by atoms with Gasteiger partial charge in [-0.1, -0.05) is 12.1 Å². The van der Waals surface area contributed by atoms with E-state index in [0.717, 1.165) is 0 Å². The monoisotopic (exact) mass is 218 g/mol. The van der Waals surface area contributed by atoms with Crippen molar-refractivity contribution in [2.75, 3.05) is 7.11 Å². The maximum absolute atomic E-state index is 10.4. The molecule has 5 nitrogen and oxygen atoms in total. The fourth-order valence-electron chi connectivity index (χ4n) is 0.921. The molecule has 0 aromatic heterocycles. The van der Waals surface area contributed by atoms with Crippen molar-refractivity contribution in [1.82, 2.24) is 0 Å². The lowest BCUT2D eigenvalue weighted by atomic mass is 10.2. The SMILES string of the molecule is COc1cccc(COP(=O)(O)O)c1. The van der Waals surface area contributed by atoms with E-state index in [9.17, 15) is 4.57 Å². The van der Waals surface area contributed by atoms with Crippen LogP contribution in [0.15, 0.2) is 24.3 Å². The molecule has 0 aliphatic rings. The summed E-state index contributed by atoms with van der Waals surface area (Å²) in [5.74, 6) is 0.622. The average molecular weight is 218 g/mol. The van der Waals surface area contributed by atoms with Gasteiger partial charge in [0, 0.05) is 0 Å². The summed E-state index contributed by atoms with van der Waals surface area (Å²) in [5.41, 5.74) is 0.646. The van der Waals surface area contributed by atoms with Crippen molar-refractivity contribution in [3.63, 3.8) is 0 Å². The summed E-state index contributed by atoms with van der Waals surface area (Å²) >= 11 is 0. The largest absolute Gasteiger partial charge is 0.497 e. The van der Waals surface area contributed by atoms with E-state index in [1.54, 1.807) is 24.3 Å². The highest BCUT2D eigenvalue weighted by Gasteiger charge is 2.13. The molecule has 0 radical (unpaired) electrons. The van der Waals surface area contributed by atoms with Crippen LogP contribution < -0.4 is 4.74 Å². The molecule has 0 spiro atoms. The van der Waals surface area contributed by atoms with Crippen molar-refractivity contribution in [2.24, 2.45) is 0 Å². The average Bonchev–Trinajstić information content (AvgIpc) is 2.14. The van der Waals surface area contributed by atoms with E-state index in [-0.39, 0.29) is 6.61 Å². The Balaban J connectivity index is 2.63. The van der Waals surface area contributed by atoms with Gasteiger partial charge in [-0.25, -0.2) is 4.57 Å². The number of hydrogen-bond acceptors (Lipinski definition) is 3. The van der Waals surface area contributed by atoms with E-state index in [1.807, 2.05) is 0 Å². The van der Waals surface area contributed by atoms with E-state index in [2.05, 4.69) is 4.52 Å². The normalized spacial score (nSPS) is 11.4. The van der Waals surface area contributed by atoms with Gasteiger partial charge in [-0.05, 0) is 17.7 Å². The molecule has 6 heteroatoms. The molecule has 2 N–H and O–H groups in total. The molecule has 1 aromatic carbocycles. The number of phosphoric ester groups is 1. The maximum Gasteiger partial charge on any atom is 0.469 e. The highest BCUT2D eigenvalue weighted by Crippen LogP contribution is 2.37. The second kappa shape index (κ2) is 4.57. The van der Waals surface area contributed by atoms with Gasteiger partial charge in [0.25, 0.3) is 0 Å². The molecule has 0 heterocycles. The molecule has 1 aromatic rings. The van der Waals surface area contributed by atoms with E-state index in [4.69, 9.17) is 14.5 Å². The molecule has 0 aliphatic heterocycles. The van der Waals surface area contributed by atoms with Gasteiger partial charge in [-0.3, -0.25) is 4.52 Å². The summed E-state index contributed by atoms with van der Waals surface area (Å²) in [5, 5.41) is 0. The fourth-order valence-corrected chi connectivity index (χ4v) is 1.24. The Hall–Kier alpha value is -0.870. The van der Waals surface area contributed by atoms with Gasteiger partial charge in [-0.2, -0.15) is 0 Å². The Morgan fingerprint density at radius 2 is 2.14 bits per heavy atom. The van der Waals surface area contributed by atoms with Crippen LogP contribution >= 0.6 is 7.82 Å². The molecule has 14 heavy (non-hydrogen) atoms. The second-order valence-electron chi connectivity index (χ2n) is 2.62. The minimum absolute atomic E-state index is 0.137. The number of methoxy groups -OCH3 is 1. The Morgan fingerprint density at radius 3 is 2.71 bits per heavy atom. The van der Waals surface area contributed by atoms with Crippen LogP contribution in [0.4, 0.5) is 0 Å². The lowest BCUT2D eigenvalue weighted by molar-refractivity contribution is 0.189. The molecule has 0 unspecified atom stereocenters. The topological polar surface area (TPSA) is 76.0 Å². The van der Waals surface area contributed by atoms with E-state index in [0.29, 0.717) is 11.3 Å². The maximum atomic E-state index is 10.4. The predicted molar refractivity (Wildman–Crippen MR) is 49.8 cm³/mol. The molecule has 1 rings (SSSR count). The number of phosphoric acid groups is 1. The third-order valence-electron chi connectivity index (χ3n) is 1.53. The van der Waals surface area contributed by atoms with Crippen LogP contribution in [0.5, 0.6) is 5.75 Å². The van der Waals surface area contributed by atoms with Crippen LogP contribution in [0, 0.1) is 0 Å². The summed E-state index contributed by atoms with van der Waals surface area (Å²) in [7, 11) is -2.88. The summed E-state index contributed by atoms with van der Waals surface area (Å²) in [6, 6.07) is 6.80. The van der Waals surface area contributed by atoms with Crippen molar-refractivity contribution in [2.45, 2.75) is 6.61 Å². The molecular weight excluding hydrogens is 207 g/mol. The first-order valence-corrected chi connectivity index (χ1v) is 5.37. The van der Waals surface area contributed by atoms with Crippen LogP contribution in [-0.2, 0) is 15.7 Å². The fraction of sp³-hybridized carbons (Fsp3) is 0.250. The van der Waals surface area contributed by atoms with Crippen molar-refractivity contribution in [3.8, 4) is 5.75 Å². The zero-order valence-electron chi connectivity index (χ0n) is 7.58.